The zero-order chi connectivity index (χ0) is 21.4. The van der Waals surface area contributed by atoms with Crippen LogP contribution in [0.15, 0.2) is 42.5 Å². The van der Waals surface area contributed by atoms with Crippen molar-refractivity contribution in [1.29, 1.82) is 5.26 Å². The Hall–Kier alpha value is -3.50. The Kier molecular flexibility index (Phi) is 5.00. The minimum atomic E-state index is -0.0167. The van der Waals surface area contributed by atoms with Crippen LogP contribution in [0.3, 0.4) is 0 Å². The molecule has 1 saturated carbocycles. The van der Waals surface area contributed by atoms with Crippen LogP contribution in [0.1, 0.15) is 25.5 Å². The summed E-state index contributed by atoms with van der Waals surface area (Å²) in [4.78, 5) is 16.1. The average molecular weight is 413 g/mol. The molecule has 7 heteroatoms. The molecular formula is C24H23N5O2. The van der Waals surface area contributed by atoms with Gasteiger partial charge in [0, 0.05) is 30.2 Å². The van der Waals surface area contributed by atoms with Gasteiger partial charge in [-0.25, -0.2) is 0 Å². The van der Waals surface area contributed by atoms with Gasteiger partial charge in [0.15, 0.2) is 5.69 Å². The largest absolute Gasteiger partial charge is 0.370 e. The first kappa shape index (κ1) is 19.5. The Morgan fingerprint density at radius 2 is 1.94 bits per heavy atom. The summed E-state index contributed by atoms with van der Waals surface area (Å²) in [6.45, 7) is 4.21. The molecule has 1 aliphatic heterocycles. The predicted molar refractivity (Wildman–Crippen MR) is 119 cm³/mol. The maximum atomic E-state index is 12.1. The summed E-state index contributed by atoms with van der Waals surface area (Å²) in [6, 6.07) is 16.8. The number of benzene rings is 2. The van der Waals surface area contributed by atoms with Gasteiger partial charge in [-0.15, -0.1) is 10.2 Å². The minimum Gasteiger partial charge on any atom is -0.370 e. The molecule has 0 bridgehead atoms. The zero-order valence-corrected chi connectivity index (χ0v) is 17.4. The van der Waals surface area contributed by atoms with Gasteiger partial charge in [-0.1, -0.05) is 18.2 Å². The van der Waals surface area contributed by atoms with Crippen molar-refractivity contribution in [3.63, 3.8) is 0 Å². The van der Waals surface area contributed by atoms with Crippen molar-refractivity contribution in [2.75, 3.05) is 36.1 Å². The molecule has 0 unspecified atom stereocenters. The lowest BCUT2D eigenvalue weighted by Crippen LogP contribution is -2.41. The summed E-state index contributed by atoms with van der Waals surface area (Å²) < 4.78 is 5.21. The minimum absolute atomic E-state index is 0.0167. The Labute approximate surface area is 180 Å². The number of ether oxygens (including phenoxy) is 1. The van der Waals surface area contributed by atoms with Crippen molar-refractivity contribution in [1.82, 2.24) is 10.2 Å². The first-order chi connectivity index (χ1) is 15.2. The number of fused-ring (bicyclic) bond motifs is 1. The Morgan fingerprint density at radius 1 is 1.16 bits per heavy atom. The Bertz CT molecular complexity index is 1180. The summed E-state index contributed by atoms with van der Waals surface area (Å²) in [7, 11) is 0. The van der Waals surface area contributed by atoms with Crippen molar-refractivity contribution in [3.05, 3.63) is 48.2 Å². The fourth-order valence-electron chi connectivity index (χ4n) is 4.25. The van der Waals surface area contributed by atoms with Crippen LogP contribution in [0.25, 0.3) is 22.0 Å². The van der Waals surface area contributed by atoms with E-state index in [4.69, 9.17) is 4.74 Å². The van der Waals surface area contributed by atoms with Crippen LogP contribution in [-0.4, -0.2) is 48.4 Å². The quantitative estimate of drug-likeness (QED) is 0.637. The SMILES string of the molecule is CCN(c1c(C#N)nnc2cc(-c3ccc(N4CCOCC4=O)cc3)ccc12)C1CC1. The van der Waals surface area contributed by atoms with Gasteiger partial charge < -0.3 is 14.5 Å². The number of amides is 1. The third-order valence-electron chi connectivity index (χ3n) is 5.95. The van der Waals surface area contributed by atoms with E-state index in [0.717, 1.165) is 52.8 Å². The number of aromatic nitrogens is 2. The lowest BCUT2D eigenvalue weighted by Gasteiger charge is -2.27. The summed E-state index contributed by atoms with van der Waals surface area (Å²) in [5, 5.41) is 19.1. The molecule has 2 heterocycles. The highest BCUT2D eigenvalue weighted by Crippen LogP contribution is 2.37. The molecule has 2 aliphatic rings. The van der Waals surface area contributed by atoms with Crippen LogP contribution < -0.4 is 9.80 Å². The molecular weight excluding hydrogens is 390 g/mol. The van der Waals surface area contributed by atoms with Crippen LogP contribution in [0, 0.1) is 11.3 Å². The van der Waals surface area contributed by atoms with Gasteiger partial charge in [0.05, 0.1) is 17.8 Å². The first-order valence-corrected chi connectivity index (χ1v) is 10.7. The van der Waals surface area contributed by atoms with E-state index in [1.807, 2.05) is 36.4 Å². The van der Waals surface area contributed by atoms with Crippen molar-refractivity contribution < 1.29 is 9.53 Å². The van der Waals surface area contributed by atoms with Gasteiger partial charge in [-0.2, -0.15) is 5.26 Å². The van der Waals surface area contributed by atoms with Crippen LogP contribution in [0.2, 0.25) is 0 Å². The Morgan fingerprint density at radius 3 is 2.61 bits per heavy atom. The van der Waals surface area contributed by atoms with Crippen LogP contribution in [0.5, 0.6) is 0 Å². The molecule has 0 radical (unpaired) electrons. The van der Waals surface area contributed by atoms with E-state index in [1.165, 1.54) is 0 Å². The highest BCUT2D eigenvalue weighted by atomic mass is 16.5. The first-order valence-electron chi connectivity index (χ1n) is 10.7. The molecule has 0 spiro atoms. The number of carbonyl (C=O) groups excluding carboxylic acids is 1. The maximum absolute atomic E-state index is 12.1. The highest BCUT2D eigenvalue weighted by Gasteiger charge is 2.31. The number of morpholine rings is 1. The summed E-state index contributed by atoms with van der Waals surface area (Å²) >= 11 is 0. The van der Waals surface area contributed by atoms with Gasteiger partial charge in [-0.3, -0.25) is 4.79 Å². The zero-order valence-electron chi connectivity index (χ0n) is 17.4. The second-order valence-electron chi connectivity index (χ2n) is 7.90. The van der Waals surface area contributed by atoms with Crippen LogP contribution in [0.4, 0.5) is 11.4 Å². The number of nitriles is 1. The third-order valence-corrected chi connectivity index (χ3v) is 5.95. The van der Waals surface area contributed by atoms with Gasteiger partial charge in [0.1, 0.15) is 12.7 Å². The molecule has 2 aromatic carbocycles. The van der Waals surface area contributed by atoms with E-state index >= 15 is 0 Å². The number of nitrogens with zero attached hydrogens (tertiary/aromatic N) is 5. The molecule has 3 aromatic rings. The highest BCUT2D eigenvalue weighted by molar-refractivity contribution is 5.97. The van der Waals surface area contributed by atoms with Crippen LogP contribution in [-0.2, 0) is 9.53 Å². The molecule has 7 nitrogen and oxygen atoms in total. The molecule has 1 saturated heterocycles. The molecule has 1 amide bonds. The lowest BCUT2D eigenvalue weighted by molar-refractivity contribution is -0.125. The molecule has 1 aromatic heterocycles. The molecule has 31 heavy (non-hydrogen) atoms. The smallest absolute Gasteiger partial charge is 0.253 e. The second-order valence-corrected chi connectivity index (χ2v) is 7.90. The second kappa shape index (κ2) is 7.97. The molecule has 0 N–H and O–H groups in total. The standard InChI is InChI=1S/C24H23N5O2/c1-2-28(18-8-9-18)24-20-10-5-17(13-21(20)26-27-22(24)14-25)16-3-6-19(7-4-16)29-11-12-31-15-23(29)30/h3-7,10,13,18H,2,8-9,11-12,15H2,1H3. The monoisotopic (exact) mass is 413 g/mol. The number of rotatable bonds is 5. The van der Waals surface area contributed by atoms with E-state index in [0.29, 0.717) is 24.9 Å². The number of hydrogen-bond donors (Lipinski definition) is 0. The van der Waals surface area contributed by atoms with Gasteiger partial charge in [-0.05, 0) is 55.2 Å². The number of hydrogen-bond acceptors (Lipinski definition) is 6. The summed E-state index contributed by atoms with van der Waals surface area (Å²) in [6.07, 6.45) is 2.30. The average Bonchev–Trinajstić information content (AvgIpc) is 3.65. The van der Waals surface area contributed by atoms with Gasteiger partial charge in [0.2, 0.25) is 0 Å². The maximum Gasteiger partial charge on any atom is 0.253 e. The molecule has 0 atom stereocenters. The van der Waals surface area contributed by atoms with Gasteiger partial charge in [0.25, 0.3) is 5.91 Å². The molecule has 156 valence electrons. The molecule has 5 rings (SSSR count). The van der Waals surface area contributed by atoms with Gasteiger partial charge >= 0.3 is 0 Å². The van der Waals surface area contributed by atoms with Crippen LogP contribution >= 0.6 is 0 Å². The number of carbonyl (C=O) groups is 1. The Balaban J connectivity index is 1.50. The third kappa shape index (κ3) is 3.60. The fraction of sp³-hybridized carbons (Fsp3) is 0.333. The lowest BCUT2D eigenvalue weighted by atomic mass is 10.0. The fourth-order valence-corrected chi connectivity index (χ4v) is 4.25. The topological polar surface area (TPSA) is 82.3 Å². The van der Waals surface area contributed by atoms with E-state index in [1.54, 1.807) is 4.90 Å². The summed E-state index contributed by atoms with van der Waals surface area (Å²) in [5.41, 5.74) is 4.98. The van der Waals surface area contributed by atoms with Crippen molar-refractivity contribution in [2.24, 2.45) is 0 Å². The van der Waals surface area contributed by atoms with Crippen molar-refractivity contribution in [2.45, 2.75) is 25.8 Å². The van der Waals surface area contributed by atoms with Crippen molar-refractivity contribution in [3.8, 4) is 17.2 Å². The molecule has 2 fully saturated rings. The predicted octanol–water partition coefficient (Wildman–Crippen LogP) is 3.52. The summed E-state index contributed by atoms with van der Waals surface area (Å²) in [5.74, 6) is -0.0167. The number of anilines is 2. The van der Waals surface area contributed by atoms with E-state index in [-0.39, 0.29) is 12.5 Å². The van der Waals surface area contributed by atoms with Crippen molar-refractivity contribution >= 4 is 28.2 Å². The van der Waals surface area contributed by atoms with E-state index in [2.05, 4.69) is 34.2 Å². The van der Waals surface area contributed by atoms with E-state index < -0.39 is 0 Å². The molecule has 1 aliphatic carbocycles. The normalized spacial score (nSPS) is 16.4. The van der Waals surface area contributed by atoms with E-state index in [9.17, 15) is 10.1 Å².